The van der Waals surface area contributed by atoms with E-state index in [4.69, 9.17) is 5.11 Å². The molecule has 0 aromatic carbocycles. The maximum atomic E-state index is 12.1. The van der Waals surface area contributed by atoms with Crippen LogP contribution < -0.4 is 5.32 Å². The van der Waals surface area contributed by atoms with Gasteiger partial charge >= 0.3 is 5.97 Å². The molecular weight excluding hydrogens is 310 g/mol. The van der Waals surface area contributed by atoms with Gasteiger partial charge in [-0.2, -0.15) is 0 Å². The molecule has 1 amide bonds. The molecule has 110 valence electrons. The molecule has 0 spiro atoms. The summed E-state index contributed by atoms with van der Waals surface area (Å²) in [5.41, 5.74) is 0.931. The third-order valence-corrected chi connectivity index (χ3v) is 5.02. The summed E-state index contributed by atoms with van der Waals surface area (Å²) in [5, 5.41) is 13.5. The third kappa shape index (κ3) is 2.64. The predicted molar refractivity (Wildman–Crippen MR) is 82.2 cm³/mol. The highest BCUT2D eigenvalue weighted by Crippen LogP contribution is 2.28. The topological polar surface area (TPSA) is 83.7 Å². The summed E-state index contributed by atoms with van der Waals surface area (Å²) in [4.78, 5) is 29.6. The largest absolute Gasteiger partial charge is 0.481 e. The third-order valence-electron chi connectivity index (χ3n) is 3.25. The van der Waals surface area contributed by atoms with Crippen molar-refractivity contribution in [1.82, 2.24) is 14.7 Å². The van der Waals surface area contributed by atoms with Gasteiger partial charge in [-0.3, -0.25) is 14.0 Å². The molecule has 0 saturated heterocycles. The molecule has 0 aliphatic rings. The zero-order valence-electron chi connectivity index (χ0n) is 11.2. The molecule has 1 atom stereocenters. The van der Waals surface area contributed by atoms with Gasteiger partial charge in [-0.25, -0.2) is 4.98 Å². The van der Waals surface area contributed by atoms with Crippen molar-refractivity contribution >= 4 is 49.9 Å². The number of thiazole rings is 1. The van der Waals surface area contributed by atoms with Crippen molar-refractivity contribution in [3.63, 3.8) is 0 Å². The minimum atomic E-state index is -0.848. The van der Waals surface area contributed by atoms with E-state index in [1.807, 2.05) is 22.0 Å². The van der Waals surface area contributed by atoms with Crippen molar-refractivity contribution in [2.45, 2.75) is 13.3 Å². The SMILES string of the molecule is CC(CCNC(=O)c1cc2c(nc3sccn32)s1)C(=O)O. The lowest BCUT2D eigenvalue weighted by molar-refractivity contribution is -0.141. The highest BCUT2D eigenvalue weighted by Gasteiger charge is 2.16. The molecule has 3 heterocycles. The van der Waals surface area contributed by atoms with Gasteiger partial charge in [-0.05, 0) is 12.5 Å². The number of fused-ring (bicyclic) bond motifs is 3. The van der Waals surface area contributed by atoms with Crippen molar-refractivity contribution in [2.75, 3.05) is 6.54 Å². The van der Waals surface area contributed by atoms with Crippen LogP contribution in [0.2, 0.25) is 0 Å². The molecule has 21 heavy (non-hydrogen) atoms. The number of thiophene rings is 1. The number of carbonyl (C=O) groups is 2. The quantitative estimate of drug-likeness (QED) is 0.755. The Morgan fingerprint density at radius 1 is 1.52 bits per heavy atom. The molecule has 0 radical (unpaired) electrons. The minimum Gasteiger partial charge on any atom is -0.481 e. The van der Waals surface area contributed by atoms with E-state index in [-0.39, 0.29) is 5.91 Å². The molecule has 6 nitrogen and oxygen atoms in total. The Morgan fingerprint density at radius 3 is 3.10 bits per heavy atom. The van der Waals surface area contributed by atoms with E-state index in [0.29, 0.717) is 17.8 Å². The van der Waals surface area contributed by atoms with Crippen molar-refractivity contribution in [1.29, 1.82) is 0 Å². The predicted octanol–water partition coefficient (Wildman–Crippen LogP) is 2.45. The summed E-state index contributed by atoms with van der Waals surface area (Å²) in [6.45, 7) is 1.98. The fourth-order valence-electron chi connectivity index (χ4n) is 1.97. The smallest absolute Gasteiger partial charge is 0.306 e. The zero-order valence-corrected chi connectivity index (χ0v) is 12.8. The average molecular weight is 323 g/mol. The lowest BCUT2D eigenvalue weighted by atomic mass is 10.1. The summed E-state index contributed by atoms with van der Waals surface area (Å²) in [7, 11) is 0. The Balaban J connectivity index is 1.69. The summed E-state index contributed by atoms with van der Waals surface area (Å²) < 4.78 is 1.96. The van der Waals surface area contributed by atoms with E-state index in [1.54, 1.807) is 18.3 Å². The Hall–Kier alpha value is -1.93. The second kappa shape index (κ2) is 5.45. The number of imidazole rings is 1. The average Bonchev–Trinajstić information content (AvgIpc) is 3.08. The first kappa shape index (κ1) is 14.0. The minimum absolute atomic E-state index is 0.181. The second-order valence-corrected chi connectivity index (χ2v) is 6.66. The molecule has 2 N–H and O–H groups in total. The molecule has 0 bridgehead atoms. The van der Waals surface area contributed by atoms with Crippen LogP contribution >= 0.6 is 22.7 Å². The van der Waals surface area contributed by atoms with Gasteiger partial charge in [-0.1, -0.05) is 6.92 Å². The van der Waals surface area contributed by atoms with E-state index in [9.17, 15) is 9.59 Å². The van der Waals surface area contributed by atoms with Gasteiger partial charge in [0.25, 0.3) is 5.91 Å². The number of nitrogens with zero attached hydrogens (tertiary/aromatic N) is 2. The van der Waals surface area contributed by atoms with Crippen LogP contribution in [0.1, 0.15) is 23.0 Å². The molecule has 3 rings (SSSR count). The normalized spacial score (nSPS) is 12.8. The Labute approximate surface area is 128 Å². The van der Waals surface area contributed by atoms with Crippen LogP contribution in [0.4, 0.5) is 0 Å². The molecule has 0 aliphatic heterocycles. The lowest BCUT2D eigenvalue weighted by Gasteiger charge is -2.06. The fraction of sp³-hybridized carbons (Fsp3) is 0.308. The van der Waals surface area contributed by atoms with Gasteiger partial charge < -0.3 is 10.4 Å². The van der Waals surface area contributed by atoms with Crippen LogP contribution in [0.5, 0.6) is 0 Å². The van der Waals surface area contributed by atoms with Gasteiger partial charge in [-0.15, -0.1) is 22.7 Å². The number of hydrogen-bond acceptors (Lipinski definition) is 5. The molecule has 3 aromatic heterocycles. The first-order valence-corrected chi connectivity index (χ1v) is 8.12. The van der Waals surface area contributed by atoms with Gasteiger partial charge in [0.2, 0.25) is 0 Å². The number of hydrogen-bond donors (Lipinski definition) is 2. The first-order valence-electron chi connectivity index (χ1n) is 6.42. The van der Waals surface area contributed by atoms with Gasteiger partial charge in [0.05, 0.1) is 16.3 Å². The van der Waals surface area contributed by atoms with E-state index in [1.165, 1.54) is 11.3 Å². The van der Waals surface area contributed by atoms with Gasteiger partial charge in [0.15, 0.2) is 4.96 Å². The van der Waals surface area contributed by atoms with Crippen LogP contribution in [-0.2, 0) is 4.79 Å². The lowest BCUT2D eigenvalue weighted by Crippen LogP contribution is -2.26. The Kier molecular flexibility index (Phi) is 3.64. The number of rotatable bonds is 5. The molecule has 1 unspecified atom stereocenters. The first-order chi connectivity index (χ1) is 10.1. The van der Waals surface area contributed by atoms with E-state index in [2.05, 4.69) is 10.3 Å². The molecule has 0 fully saturated rings. The number of amides is 1. The number of aliphatic carboxylic acids is 1. The van der Waals surface area contributed by atoms with Gasteiger partial charge in [0, 0.05) is 18.1 Å². The van der Waals surface area contributed by atoms with Crippen LogP contribution in [0.15, 0.2) is 17.6 Å². The number of nitrogens with one attached hydrogen (secondary N) is 1. The van der Waals surface area contributed by atoms with Gasteiger partial charge in [0.1, 0.15) is 4.83 Å². The number of carboxylic acid groups (broad SMARTS) is 1. The number of carboxylic acids is 1. The summed E-state index contributed by atoms with van der Waals surface area (Å²) >= 11 is 2.90. The van der Waals surface area contributed by atoms with E-state index < -0.39 is 11.9 Å². The van der Waals surface area contributed by atoms with Crippen molar-refractivity contribution in [3.8, 4) is 0 Å². The molecule has 8 heteroatoms. The van der Waals surface area contributed by atoms with E-state index in [0.717, 1.165) is 15.3 Å². The molecular formula is C13H13N3O3S2. The Morgan fingerprint density at radius 2 is 2.33 bits per heavy atom. The number of aromatic nitrogens is 2. The molecule has 3 aromatic rings. The monoisotopic (exact) mass is 323 g/mol. The maximum absolute atomic E-state index is 12.1. The van der Waals surface area contributed by atoms with Crippen molar-refractivity contribution in [2.24, 2.45) is 5.92 Å². The highest BCUT2D eigenvalue weighted by atomic mass is 32.1. The Bertz CT molecular complexity index is 817. The summed E-state index contributed by atoms with van der Waals surface area (Å²) in [6.07, 6.45) is 2.35. The molecule has 0 saturated carbocycles. The zero-order chi connectivity index (χ0) is 15.0. The standard InChI is InChI=1S/C13H13N3O3S2/c1-7(12(18)19)2-3-14-10(17)9-6-8-11(21-9)15-13-16(8)4-5-20-13/h4-7H,2-3H2,1H3,(H,14,17)(H,18,19). The van der Waals surface area contributed by atoms with Crippen LogP contribution in [0, 0.1) is 5.92 Å². The number of carbonyl (C=O) groups excluding carboxylic acids is 1. The van der Waals surface area contributed by atoms with E-state index >= 15 is 0 Å². The fourth-order valence-corrected chi connectivity index (χ4v) is 3.69. The summed E-state index contributed by atoms with van der Waals surface area (Å²) in [5.74, 6) is -1.49. The molecule has 0 aliphatic carbocycles. The highest BCUT2D eigenvalue weighted by molar-refractivity contribution is 7.21. The maximum Gasteiger partial charge on any atom is 0.306 e. The summed E-state index contributed by atoms with van der Waals surface area (Å²) in [6, 6.07) is 1.82. The van der Waals surface area contributed by atoms with Crippen LogP contribution in [-0.4, -0.2) is 32.9 Å². The van der Waals surface area contributed by atoms with Crippen LogP contribution in [0.25, 0.3) is 15.3 Å². The van der Waals surface area contributed by atoms with Crippen molar-refractivity contribution in [3.05, 3.63) is 22.5 Å². The van der Waals surface area contributed by atoms with Crippen molar-refractivity contribution < 1.29 is 14.7 Å². The van der Waals surface area contributed by atoms with Crippen LogP contribution in [0.3, 0.4) is 0 Å². The second-order valence-electron chi connectivity index (χ2n) is 4.75.